The van der Waals surface area contributed by atoms with E-state index in [0.717, 1.165) is 5.52 Å². The summed E-state index contributed by atoms with van der Waals surface area (Å²) in [6.45, 7) is 0. The second-order valence-corrected chi connectivity index (χ2v) is 4.98. The van der Waals surface area contributed by atoms with Crippen molar-refractivity contribution in [3.63, 3.8) is 0 Å². The first-order valence-electron chi connectivity index (χ1n) is 6.22. The quantitative estimate of drug-likeness (QED) is 0.560. The molecule has 0 saturated carbocycles. The summed E-state index contributed by atoms with van der Waals surface area (Å²) in [6.07, 6.45) is 1.59. The molecule has 0 fully saturated rings. The molecule has 0 aliphatic heterocycles. The Kier molecular flexibility index (Phi) is 3.13. The average molecular weight is 296 g/mol. The van der Waals surface area contributed by atoms with Crippen LogP contribution in [-0.4, -0.2) is 10.8 Å². The van der Waals surface area contributed by atoms with E-state index in [9.17, 15) is 10.1 Å². The Labute approximate surface area is 125 Å². The maximum Gasteiger partial charge on any atom is 0.197 e. The summed E-state index contributed by atoms with van der Waals surface area (Å²) >= 11 is 5.96. The monoisotopic (exact) mass is 295 g/mol. The van der Waals surface area contributed by atoms with Crippen molar-refractivity contribution in [1.29, 1.82) is 5.26 Å². The summed E-state index contributed by atoms with van der Waals surface area (Å²) in [4.78, 5) is 15.7. The molecule has 0 spiro atoms. The van der Waals surface area contributed by atoms with Gasteiger partial charge in [0.05, 0.1) is 22.3 Å². The number of rotatable bonds is 2. The van der Waals surface area contributed by atoms with E-state index in [1.54, 1.807) is 36.5 Å². The number of benzene rings is 2. The van der Waals surface area contributed by atoms with Crippen molar-refractivity contribution in [2.45, 2.75) is 0 Å². The van der Waals surface area contributed by atoms with Crippen LogP contribution < -0.4 is 5.73 Å². The summed E-state index contributed by atoms with van der Waals surface area (Å²) in [7, 11) is 0. The van der Waals surface area contributed by atoms with E-state index in [4.69, 9.17) is 17.3 Å². The first-order valence-corrected chi connectivity index (χ1v) is 6.60. The minimum atomic E-state index is -0.260. The van der Waals surface area contributed by atoms with Crippen LogP contribution in [0.4, 0.5) is 5.69 Å². The third kappa shape index (κ3) is 2.04. The van der Waals surface area contributed by atoms with Crippen LogP contribution in [0.5, 0.6) is 0 Å². The van der Waals surface area contributed by atoms with Crippen molar-refractivity contribution in [3.8, 4) is 6.07 Å². The number of hydrogen-bond acceptors (Lipinski definition) is 3. The predicted octanol–water partition coefficient (Wildman–Crippen LogP) is 3.51. The fraction of sp³-hybridized carbons (Fsp3) is 0. The number of halogens is 1. The Bertz CT molecular complexity index is 906. The summed E-state index contributed by atoms with van der Waals surface area (Å²) in [5.41, 5.74) is 8.04. The van der Waals surface area contributed by atoms with Gasteiger partial charge in [-0.3, -0.25) is 4.79 Å². The fourth-order valence-electron chi connectivity index (χ4n) is 2.34. The zero-order chi connectivity index (χ0) is 15.0. The zero-order valence-corrected chi connectivity index (χ0v) is 11.6. The lowest BCUT2D eigenvalue weighted by Gasteiger charge is -2.06. The van der Waals surface area contributed by atoms with Crippen LogP contribution in [0, 0.1) is 11.3 Å². The lowest BCUT2D eigenvalue weighted by molar-refractivity contribution is 0.104. The van der Waals surface area contributed by atoms with Gasteiger partial charge in [0.25, 0.3) is 0 Å². The van der Waals surface area contributed by atoms with E-state index >= 15 is 0 Å². The number of nitrogens with two attached hydrogens (primary N) is 1. The molecule has 0 unspecified atom stereocenters. The van der Waals surface area contributed by atoms with Crippen LogP contribution in [-0.2, 0) is 0 Å². The van der Waals surface area contributed by atoms with Gasteiger partial charge in [-0.25, -0.2) is 0 Å². The van der Waals surface area contributed by atoms with Gasteiger partial charge in [0.1, 0.15) is 0 Å². The second-order valence-electron chi connectivity index (χ2n) is 4.57. The Balaban J connectivity index is 2.24. The number of carbonyl (C=O) groups excluding carboxylic acids is 1. The van der Waals surface area contributed by atoms with Gasteiger partial charge in [-0.2, -0.15) is 5.26 Å². The Morgan fingerprint density at radius 3 is 2.71 bits per heavy atom. The molecule has 1 heterocycles. The van der Waals surface area contributed by atoms with E-state index in [1.807, 2.05) is 6.07 Å². The maximum atomic E-state index is 12.7. The molecular weight excluding hydrogens is 286 g/mol. The Morgan fingerprint density at radius 1 is 1.19 bits per heavy atom. The third-order valence-electron chi connectivity index (χ3n) is 3.37. The zero-order valence-electron chi connectivity index (χ0n) is 10.9. The van der Waals surface area contributed by atoms with Gasteiger partial charge in [-0.15, -0.1) is 0 Å². The average Bonchev–Trinajstić information content (AvgIpc) is 2.93. The molecule has 4 nitrogen and oxygen atoms in total. The molecule has 3 N–H and O–H groups in total. The molecule has 2 aromatic carbocycles. The highest BCUT2D eigenvalue weighted by Crippen LogP contribution is 2.29. The van der Waals surface area contributed by atoms with Crippen molar-refractivity contribution in [3.05, 3.63) is 64.3 Å². The minimum Gasteiger partial charge on any atom is -0.397 e. The van der Waals surface area contributed by atoms with Crippen molar-refractivity contribution in [2.24, 2.45) is 0 Å². The van der Waals surface area contributed by atoms with Crippen molar-refractivity contribution in [2.75, 3.05) is 5.73 Å². The highest BCUT2D eigenvalue weighted by Gasteiger charge is 2.19. The maximum absolute atomic E-state index is 12.7. The molecule has 0 atom stereocenters. The molecule has 3 aromatic rings. The fourth-order valence-corrected chi connectivity index (χ4v) is 2.51. The van der Waals surface area contributed by atoms with Crippen LogP contribution in [0.1, 0.15) is 21.5 Å². The van der Waals surface area contributed by atoms with Gasteiger partial charge >= 0.3 is 0 Å². The number of aromatic amines is 1. The number of aromatic nitrogens is 1. The van der Waals surface area contributed by atoms with Crippen LogP contribution in [0.2, 0.25) is 5.02 Å². The van der Waals surface area contributed by atoms with E-state index in [-0.39, 0.29) is 11.5 Å². The van der Waals surface area contributed by atoms with E-state index in [1.165, 1.54) is 0 Å². The van der Waals surface area contributed by atoms with Crippen LogP contribution >= 0.6 is 11.6 Å². The number of hydrogen-bond donors (Lipinski definition) is 2. The smallest absolute Gasteiger partial charge is 0.197 e. The Morgan fingerprint density at radius 2 is 1.95 bits per heavy atom. The second kappa shape index (κ2) is 4.97. The molecule has 3 rings (SSSR count). The highest BCUT2D eigenvalue weighted by atomic mass is 35.5. The molecule has 102 valence electrons. The first-order chi connectivity index (χ1) is 10.1. The highest BCUT2D eigenvalue weighted by molar-refractivity contribution is 6.34. The Hall–Kier alpha value is -2.77. The number of H-pyrrole nitrogens is 1. The number of carbonyl (C=O) groups is 1. The molecule has 21 heavy (non-hydrogen) atoms. The van der Waals surface area contributed by atoms with Crippen LogP contribution in [0.25, 0.3) is 10.9 Å². The molecule has 0 bridgehead atoms. The lowest BCUT2D eigenvalue weighted by Crippen LogP contribution is -2.05. The largest absolute Gasteiger partial charge is 0.397 e. The summed E-state index contributed by atoms with van der Waals surface area (Å²) in [5, 5.41) is 10.1. The van der Waals surface area contributed by atoms with Crippen molar-refractivity contribution >= 4 is 34.0 Å². The topological polar surface area (TPSA) is 82.7 Å². The minimum absolute atomic E-state index is 0.243. The third-order valence-corrected chi connectivity index (χ3v) is 3.70. The standard InChI is InChI=1S/C16H10ClN3O/c17-12-5-2-4-10(15(12)19)16(21)11-8-20-13-6-1-3-9(7-18)14(11)13/h1-6,8,20H,19H2. The molecule has 0 radical (unpaired) electrons. The SMILES string of the molecule is N#Cc1cccc2[nH]cc(C(=O)c3cccc(Cl)c3N)c12. The summed E-state index contributed by atoms with van der Waals surface area (Å²) < 4.78 is 0. The molecule has 1 aromatic heterocycles. The first kappa shape index (κ1) is 13.2. The van der Waals surface area contributed by atoms with Gasteiger partial charge in [0.15, 0.2) is 5.78 Å². The number of nitrogens with zero attached hydrogens (tertiary/aromatic N) is 1. The molecule has 0 saturated heterocycles. The lowest BCUT2D eigenvalue weighted by atomic mass is 9.99. The number of para-hydroxylation sites is 1. The van der Waals surface area contributed by atoms with Crippen molar-refractivity contribution in [1.82, 2.24) is 4.98 Å². The summed E-state index contributed by atoms with van der Waals surface area (Å²) in [6, 6.07) is 12.3. The molecule has 0 aliphatic rings. The number of fused-ring (bicyclic) bond motifs is 1. The molecular formula is C16H10ClN3O. The number of ketones is 1. The van der Waals surface area contributed by atoms with Gasteiger partial charge in [0, 0.05) is 28.2 Å². The number of nitrogens with one attached hydrogen (secondary N) is 1. The number of nitriles is 1. The van der Waals surface area contributed by atoms with Crippen LogP contribution in [0.15, 0.2) is 42.6 Å². The molecule has 5 heteroatoms. The van der Waals surface area contributed by atoms with Crippen molar-refractivity contribution < 1.29 is 4.79 Å². The van der Waals surface area contributed by atoms with Gasteiger partial charge < -0.3 is 10.7 Å². The van der Waals surface area contributed by atoms with Gasteiger partial charge in [-0.1, -0.05) is 23.7 Å². The van der Waals surface area contributed by atoms with E-state index in [2.05, 4.69) is 11.1 Å². The number of anilines is 1. The number of nitrogen functional groups attached to an aromatic ring is 1. The normalized spacial score (nSPS) is 10.5. The van der Waals surface area contributed by atoms with Gasteiger partial charge in [-0.05, 0) is 24.3 Å². The van der Waals surface area contributed by atoms with E-state index < -0.39 is 0 Å². The van der Waals surface area contributed by atoms with Crippen LogP contribution in [0.3, 0.4) is 0 Å². The molecule has 0 amide bonds. The van der Waals surface area contributed by atoms with Gasteiger partial charge in [0.2, 0.25) is 0 Å². The molecule has 0 aliphatic carbocycles. The summed E-state index contributed by atoms with van der Waals surface area (Å²) in [5.74, 6) is -0.260. The predicted molar refractivity (Wildman–Crippen MR) is 82.3 cm³/mol. The van der Waals surface area contributed by atoms with E-state index in [0.29, 0.717) is 27.1 Å².